The number of nitrogens with zero attached hydrogens (tertiary/aromatic N) is 1. The average Bonchev–Trinajstić information content (AvgIpc) is 2.52. The molecular weight excluding hydrogens is 300 g/mol. The molecule has 24 heavy (non-hydrogen) atoms. The van der Waals surface area contributed by atoms with Crippen LogP contribution in [-0.4, -0.2) is 17.4 Å². The summed E-state index contributed by atoms with van der Waals surface area (Å²) in [6, 6.07) is 13.4. The summed E-state index contributed by atoms with van der Waals surface area (Å²) in [6.45, 7) is 9.42. The van der Waals surface area contributed by atoms with Crippen LogP contribution >= 0.6 is 0 Å². The summed E-state index contributed by atoms with van der Waals surface area (Å²) in [7, 11) is 0. The first-order valence-corrected chi connectivity index (χ1v) is 8.28. The summed E-state index contributed by atoms with van der Waals surface area (Å²) < 4.78 is 5.69. The Kier molecular flexibility index (Phi) is 5.96. The van der Waals surface area contributed by atoms with Crippen LogP contribution in [0.15, 0.2) is 42.5 Å². The number of nitrogens with one attached hydrogen (secondary N) is 1. The van der Waals surface area contributed by atoms with Crippen molar-refractivity contribution in [3.8, 4) is 5.88 Å². The predicted molar refractivity (Wildman–Crippen MR) is 96.2 cm³/mol. The Morgan fingerprint density at radius 1 is 1.12 bits per heavy atom. The standard InChI is InChI=1S/C20H26N2O2/c1-15-17(19(23)21-13-12-20(2,3)4)10-11-18(22-15)24-14-16-8-6-5-7-9-16/h5-11H,12-14H2,1-4H3,(H,21,23). The number of benzene rings is 1. The van der Waals surface area contributed by atoms with Gasteiger partial charge in [0.1, 0.15) is 6.61 Å². The Balaban J connectivity index is 1.92. The molecule has 0 fully saturated rings. The highest BCUT2D eigenvalue weighted by Gasteiger charge is 2.13. The molecule has 0 radical (unpaired) electrons. The molecule has 0 unspecified atom stereocenters. The first-order chi connectivity index (χ1) is 11.3. The second-order valence-corrected chi connectivity index (χ2v) is 7.12. The lowest BCUT2D eigenvalue weighted by atomic mass is 9.92. The van der Waals surface area contributed by atoms with Crippen molar-refractivity contribution >= 4 is 5.91 Å². The van der Waals surface area contributed by atoms with Gasteiger partial charge in [-0.05, 0) is 30.4 Å². The average molecular weight is 326 g/mol. The van der Waals surface area contributed by atoms with E-state index in [-0.39, 0.29) is 11.3 Å². The number of pyridine rings is 1. The zero-order chi connectivity index (χ0) is 17.6. The van der Waals surface area contributed by atoms with Gasteiger partial charge >= 0.3 is 0 Å². The highest BCUT2D eigenvalue weighted by Crippen LogP contribution is 2.18. The third-order valence-corrected chi connectivity index (χ3v) is 3.69. The minimum Gasteiger partial charge on any atom is -0.473 e. The number of aryl methyl sites for hydroxylation is 1. The molecule has 1 aromatic heterocycles. The van der Waals surface area contributed by atoms with E-state index in [2.05, 4.69) is 31.1 Å². The van der Waals surface area contributed by atoms with E-state index in [0.29, 0.717) is 30.3 Å². The lowest BCUT2D eigenvalue weighted by molar-refractivity contribution is 0.0948. The predicted octanol–water partition coefficient (Wildman–Crippen LogP) is 4.14. The quantitative estimate of drug-likeness (QED) is 0.868. The van der Waals surface area contributed by atoms with Crippen LogP contribution in [0.25, 0.3) is 0 Å². The molecule has 0 saturated heterocycles. The van der Waals surface area contributed by atoms with E-state index < -0.39 is 0 Å². The Hall–Kier alpha value is -2.36. The van der Waals surface area contributed by atoms with Crippen molar-refractivity contribution in [2.45, 2.75) is 40.7 Å². The van der Waals surface area contributed by atoms with Gasteiger partial charge in [0.15, 0.2) is 0 Å². The van der Waals surface area contributed by atoms with Gasteiger partial charge in [-0.15, -0.1) is 0 Å². The fourth-order valence-corrected chi connectivity index (χ4v) is 2.24. The van der Waals surface area contributed by atoms with Crippen LogP contribution in [0.2, 0.25) is 0 Å². The summed E-state index contributed by atoms with van der Waals surface area (Å²) in [6.07, 6.45) is 0.934. The molecule has 0 aliphatic heterocycles. The molecule has 2 rings (SSSR count). The van der Waals surface area contributed by atoms with Gasteiger partial charge in [-0.1, -0.05) is 51.1 Å². The summed E-state index contributed by atoms with van der Waals surface area (Å²) in [5, 5.41) is 2.95. The Bertz CT molecular complexity index is 676. The SMILES string of the molecule is Cc1nc(OCc2ccccc2)ccc1C(=O)NCCC(C)(C)C. The first-order valence-electron chi connectivity index (χ1n) is 8.28. The van der Waals surface area contributed by atoms with Crippen LogP contribution in [0, 0.1) is 12.3 Å². The normalized spacial score (nSPS) is 11.2. The van der Waals surface area contributed by atoms with Gasteiger partial charge in [0.2, 0.25) is 5.88 Å². The maximum Gasteiger partial charge on any atom is 0.253 e. The van der Waals surface area contributed by atoms with Crippen LogP contribution in [0.1, 0.15) is 48.8 Å². The highest BCUT2D eigenvalue weighted by atomic mass is 16.5. The van der Waals surface area contributed by atoms with Crippen LogP contribution < -0.4 is 10.1 Å². The summed E-state index contributed by atoms with van der Waals surface area (Å²) in [5.74, 6) is 0.446. The van der Waals surface area contributed by atoms with Crippen LogP contribution in [-0.2, 0) is 6.61 Å². The number of amides is 1. The van der Waals surface area contributed by atoms with Crippen LogP contribution in [0.4, 0.5) is 0 Å². The van der Waals surface area contributed by atoms with Gasteiger partial charge in [-0.25, -0.2) is 4.98 Å². The maximum absolute atomic E-state index is 12.3. The largest absolute Gasteiger partial charge is 0.473 e. The highest BCUT2D eigenvalue weighted by molar-refractivity contribution is 5.95. The molecule has 2 aromatic rings. The Morgan fingerprint density at radius 3 is 2.46 bits per heavy atom. The number of rotatable bonds is 6. The fourth-order valence-electron chi connectivity index (χ4n) is 2.24. The van der Waals surface area contributed by atoms with E-state index in [4.69, 9.17) is 4.74 Å². The van der Waals surface area contributed by atoms with Crippen molar-refractivity contribution in [3.63, 3.8) is 0 Å². The molecule has 128 valence electrons. The van der Waals surface area contributed by atoms with Crippen LogP contribution in [0.5, 0.6) is 5.88 Å². The lowest BCUT2D eigenvalue weighted by Gasteiger charge is -2.18. The molecule has 0 spiro atoms. The molecule has 4 nitrogen and oxygen atoms in total. The topological polar surface area (TPSA) is 51.2 Å². The minimum atomic E-state index is -0.0844. The van der Waals surface area contributed by atoms with E-state index in [1.807, 2.05) is 37.3 Å². The molecule has 0 saturated carbocycles. The van der Waals surface area contributed by atoms with E-state index in [1.165, 1.54) is 0 Å². The monoisotopic (exact) mass is 326 g/mol. The van der Waals surface area contributed by atoms with E-state index >= 15 is 0 Å². The summed E-state index contributed by atoms with van der Waals surface area (Å²) >= 11 is 0. The van der Waals surface area contributed by atoms with E-state index in [9.17, 15) is 4.79 Å². The molecule has 1 heterocycles. The molecular formula is C20H26N2O2. The third-order valence-electron chi connectivity index (χ3n) is 3.69. The molecule has 1 N–H and O–H groups in total. The molecule has 1 aromatic carbocycles. The number of carbonyl (C=O) groups is 1. The van der Waals surface area contributed by atoms with Gasteiger partial charge in [0.05, 0.1) is 11.3 Å². The fraction of sp³-hybridized carbons (Fsp3) is 0.400. The van der Waals surface area contributed by atoms with Gasteiger partial charge < -0.3 is 10.1 Å². The van der Waals surface area contributed by atoms with Crippen molar-refractivity contribution in [1.29, 1.82) is 0 Å². The first kappa shape index (κ1) is 18.0. The molecule has 0 aliphatic rings. The molecule has 1 amide bonds. The van der Waals surface area contributed by atoms with Crippen LogP contribution in [0.3, 0.4) is 0 Å². The zero-order valence-corrected chi connectivity index (χ0v) is 14.9. The van der Waals surface area contributed by atoms with Gasteiger partial charge in [0, 0.05) is 12.6 Å². The second-order valence-electron chi connectivity index (χ2n) is 7.12. The number of aromatic nitrogens is 1. The lowest BCUT2D eigenvalue weighted by Crippen LogP contribution is -2.28. The number of carbonyl (C=O) groups excluding carboxylic acids is 1. The number of hydrogen-bond acceptors (Lipinski definition) is 3. The van der Waals surface area contributed by atoms with Gasteiger partial charge in [-0.2, -0.15) is 0 Å². The number of ether oxygens (including phenoxy) is 1. The maximum atomic E-state index is 12.3. The number of hydrogen-bond donors (Lipinski definition) is 1. The van der Waals surface area contributed by atoms with Crippen molar-refractivity contribution in [3.05, 3.63) is 59.3 Å². The molecule has 0 aliphatic carbocycles. The van der Waals surface area contributed by atoms with Crippen molar-refractivity contribution in [2.75, 3.05) is 6.54 Å². The molecule has 0 atom stereocenters. The Labute approximate surface area is 144 Å². The van der Waals surface area contributed by atoms with Crippen molar-refractivity contribution in [2.24, 2.45) is 5.41 Å². The van der Waals surface area contributed by atoms with Gasteiger partial charge in [0.25, 0.3) is 5.91 Å². The minimum absolute atomic E-state index is 0.0844. The summed E-state index contributed by atoms with van der Waals surface area (Å²) in [5.41, 5.74) is 2.56. The van der Waals surface area contributed by atoms with Gasteiger partial charge in [-0.3, -0.25) is 4.79 Å². The van der Waals surface area contributed by atoms with Crippen molar-refractivity contribution < 1.29 is 9.53 Å². The third kappa shape index (κ3) is 5.69. The van der Waals surface area contributed by atoms with E-state index in [1.54, 1.807) is 12.1 Å². The second kappa shape index (κ2) is 7.95. The van der Waals surface area contributed by atoms with Crippen molar-refractivity contribution in [1.82, 2.24) is 10.3 Å². The smallest absolute Gasteiger partial charge is 0.253 e. The zero-order valence-electron chi connectivity index (χ0n) is 14.9. The summed E-state index contributed by atoms with van der Waals surface area (Å²) in [4.78, 5) is 16.6. The molecule has 0 bridgehead atoms. The molecule has 4 heteroatoms. The van der Waals surface area contributed by atoms with E-state index in [0.717, 1.165) is 12.0 Å². The Morgan fingerprint density at radius 2 is 1.83 bits per heavy atom.